The van der Waals surface area contributed by atoms with Crippen LogP contribution in [0.2, 0.25) is 0 Å². The summed E-state index contributed by atoms with van der Waals surface area (Å²) in [6, 6.07) is 12.2. The van der Waals surface area contributed by atoms with Crippen LogP contribution in [-0.2, 0) is 9.53 Å². The highest BCUT2D eigenvalue weighted by Crippen LogP contribution is 2.33. The second-order valence-corrected chi connectivity index (χ2v) is 10.4. The van der Waals surface area contributed by atoms with Crippen LogP contribution in [0.4, 0.5) is 0 Å². The predicted octanol–water partition coefficient (Wildman–Crippen LogP) is 2.99. The first-order valence-electron chi connectivity index (χ1n) is 12.9. The van der Waals surface area contributed by atoms with E-state index in [1.54, 1.807) is 6.20 Å². The maximum atomic E-state index is 13.2. The SMILES string of the molecule is Cc1ccnc(C)c1C(=O)N1CC2CN(CCC(NC(=O)C3CCOC3)c3ccccc3)C[C@H]2C1. The summed E-state index contributed by atoms with van der Waals surface area (Å²) in [6.07, 6.45) is 3.44. The molecule has 3 unspecified atom stereocenters. The lowest BCUT2D eigenvalue weighted by Crippen LogP contribution is -2.37. The molecule has 1 N–H and O–H groups in total. The van der Waals surface area contributed by atoms with Crippen LogP contribution in [0.15, 0.2) is 42.6 Å². The number of nitrogens with zero attached hydrogens (tertiary/aromatic N) is 3. The van der Waals surface area contributed by atoms with E-state index in [2.05, 4.69) is 27.3 Å². The number of carbonyl (C=O) groups excluding carboxylic acids is 2. The molecule has 2 aromatic rings. The van der Waals surface area contributed by atoms with Crippen molar-refractivity contribution in [3.05, 3.63) is 65.0 Å². The van der Waals surface area contributed by atoms with E-state index in [0.29, 0.717) is 25.0 Å². The molecule has 7 nitrogen and oxygen atoms in total. The van der Waals surface area contributed by atoms with Gasteiger partial charge in [0, 0.05) is 45.5 Å². The fourth-order valence-electron chi connectivity index (χ4n) is 5.96. The van der Waals surface area contributed by atoms with E-state index in [1.807, 2.05) is 43.0 Å². The number of amides is 2. The van der Waals surface area contributed by atoms with Crippen molar-refractivity contribution in [2.75, 3.05) is 45.9 Å². The number of likely N-dealkylation sites (tertiary alicyclic amines) is 2. The molecule has 0 aliphatic carbocycles. The van der Waals surface area contributed by atoms with Gasteiger partial charge in [-0.15, -0.1) is 0 Å². The van der Waals surface area contributed by atoms with Crippen molar-refractivity contribution in [2.24, 2.45) is 17.8 Å². The molecule has 3 saturated heterocycles. The minimum atomic E-state index is -0.0389. The number of carbonyl (C=O) groups is 2. The van der Waals surface area contributed by atoms with Gasteiger partial charge in [-0.25, -0.2) is 0 Å². The van der Waals surface area contributed by atoms with Crippen molar-refractivity contribution in [3.8, 4) is 0 Å². The maximum absolute atomic E-state index is 13.2. The molecule has 35 heavy (non-hydrogen) atoms. The third-order valence-corrected chi connectivity index (χ3v) is 7.96. The van der Waals surface area contributed by atoms with Crippen molar-refractivity contribution in [3.63, 3.8) is 0 Å². The highest BCUT2D eigenvalue weighted by molar-refractivity contribution is 5.96. The molecule has 5 rings (SSSR count). The topological polar surface area (TPSA) is 74.8 Å². The van der Waals surface area contributed by atoms with Gasteiger partial charge in [0.1, 0.15) is 0 Å². The molecular formula is C28H36N4O3. The van der Waals surface area contributed by atoms with Gasteiger partial charge >= 0.3 is 0 Å². The predicted molar refractivity (Wildman–Crippen MR) is 134 cm³/mol. The lowest BCUT2D eigenvalue weighted by atomic mass is 10.0. The molecule has 1 aromatic carbocycles. The Morgan fingerprint density at radius 3 is 2.49 bits per heavy atom. The molecule has 3 aliphatic heterocycles. The number of benzene rings is 1. The quantitative estimate of drug-likeness (QED) is 0.665. The Morgan fingerprint density at radius 2 is 1.83 bits per heavy atom. The summed E-state index contributed by atoms with van der Waals surface area (Å²) >= 11 is 0. The Bertz CT molecular complexity index is 1020. The Labute approximate surface area is 207 Å². The second-order valence-electron chi connectivity index (χ2n) is 10.4. The molecule has 0 spiro atoms. The maximum Gasteiger partial charge on any atom is 0.255 e. The van der Waals surface area contributed by atoms with E-state index in [9.17, 15) is 9.59 Å². The normalized spacial score (nSPS) is 25.0. The van der Waals surface area contributed by atoms with Crippen LogP contribution in [-0.4, -0.2) is 72.5 Å². The molecule has 2 amide bonds. The fraction of sp³-hybridized carbons (Fsp3) is 0.536. The van der Waals surface area contributed by atoms with Gasteiger partial charge in [-0.1, -0.05) is 30.3 Å². The molecule has 0 radical (unpaired) electrons. The minimum absolute atomic E-state index is 0.000604. The van der Waals surface area contributed by atoms with Crippen LogP contribution in [0.5, 0.6) is 0 Å². The molecule has 3 fully saturated rings. The van der Waals surface area contributed by atoms with Gasteiger partial charge in [0.25, 0.3) is 5.91 Å². The first-order valence-corrected chi connectivity index (χ1v) is 12.9. The lowest BCUT2D eigenvalue weighted by Gasteiger charge is -2.26. The zero-order chi connectivity index (χ0) is 24.4. The molecule has 1 aromatic heterocycles. The van der Waals surface area contributed by atoms with Crippen LogP contribution < -0.4 is 5.32 Å². The summed E-state index contributed by atoms with van der Waals surface area (Å²) in [6.45, 7) is 9.67. The van der Waals surface area contributed by atoms with Crippen molar-refractivity contribution < 1.29 is 14.3 Å². The summed E-state index contributed by atoms with van der Waals surface area (Å²) in [4.78, 5) is 34.9. The van der Waals surface area contributed by atoms with Gasteiger partial charge in [0.05, 0.1) is 29.8 Å². The van der Waals surface area contributed by atoms with Crippen molar-refractivity contribution in [1.82, 2.24) is 20.1 Å². The van der Waals surface area contributed by atoms with Crippen LogP contribution >= 0.6 is 0 Å². The third-order valence-electron chi connectivity index (χ3n) is 7.96. The Hall–Kier alpha value is -2.77. The number of pyridine rings is 1. The smallest absolute Gasteiger partial charge is 0.255 e. The number of fused-ring (bicyclic) bond motifs is 1. The average Bonchev–Trinajstić information content (AvgIpc) is 3.59. The van der Waals surface area contributed by atoms with Gasteiger partial charge in [-0.05, 0) is 55.7 Å². The zero-order valence-corrected chi connectivity index (χ0v) is 20.8. The highest BCUT2D eigenvalue weighted by atomic mass is 16.5. The van der Waals surface area contributed by atoms with Crippen LogP contribution in [0, 0.1) is 31.6 Å². The Kier molecular flexibility index (Phi) is 7.16. The Balaban J connectivity index is 1.17. The number of hydrogen-bond acceptors (Lipinski definition) is 5. The first-order chi connectivity index (χ1) is 17.0. The van der Waals surface area contributed by atoms with Crippen LogP contribution in [0.25, 0.3) is 0 Å². The number of ether oxygens (including phenoxy) is 1. The molecule has 0 saturated carbocycles. The highest BCUT2D eigenvalue weighted by Gasteiger charge is 2.42. The van der Waals surface area contributed by atoms with Crippen molar-refractivity contribution >= 4 is 11.8 Å². The Morgan fingerprint density at radius 1 is 1.09 bits per heavy atom. The molecule has 3 aliphatic rings. The number of aryl methyl sites for hydroxylation is 2. The number of hydrogen-bond donors (Lipinski definition) is 1. The third kappa shape index (κ3) is 5.26. The van der Waals surface area contributed by atoms with Crippen molar-refractivity contribution in [1.29, 1.82) is 0 Å². The summed E-state index contributed by atoms with van der Waals surface area (Å²) in [5.74, 6) is 1.21. The van der Waals surface area contributed by atoms with Crippen LogP contribution in [0.1, 0.15) is 46.1 Å². The molecule has 4 heterocycles. The first kappa shape index (κ1) is 23.9. The minimum Gasteiger partial charge on any atom is -0.381 e. The molecule has 0 bridgehead atoms. The second kappa shape index (κ2) is 10.5. The summed E-state index contributed by atoms with van der Waals surface area (Å²) < 4.78 is 5.42. The van der Waals surface area contributed by atoms with Gasteiger partial charge < -0.3 is 19.9 Å². The van der Waals surface area contributed by atoms with Gasteiger partial charge in [-0.3, -0.25) is 14.6 Å². The van der Waals surface area contributed by atoms with E-state index in [4.69, 9.17) is 4.74 Å². The van der Waals surface area contributed by atoms with Crippen LogP contribution in [0.3, 0.4) is 0 Å². The largest absolute Gasteiger partial charge is 0.381 e. The van der Waals surface area contributed by atoms with E-state index < -0.39 is 0 Å². The van der Waals surface area contributed by atoms with Gasteiger partial charge in [0.2, 0.25) is 5.91 Å². The monoisotopic (exact) mass is 476 g/mol. The van der Waals surface area contributed by atoms with E-state index in [0.717, 1.165) is 67.9 Å². The standard InChI is InChI=1S/C28H36N4O3/c1-19-8-11-29-20(2)26(19)28(34)32-16-23-14-31(15-24(23)17-32)12-9-25(21-6-4-3-5-7-21)30-27(33)22-10-13-35-18-22/h3-8,11,22-25H,9-10,12-18H2,1-2H3,(H,30,33)/t22?,23-,24?,25?/m0/s1. The molecule has 186 valence electrons. The van der Waals surface area contributed by atoms with Gasteiger partial charge in [-0.2, -0.15) is 0 Å². The molecular weight excluding hydrogens is 440 g/mol. The summed E-state index contributed by atoms with van der Waals surface area (Å²) in [7, 11) is 0. The summed E-state index contributed by atoms with van der Waals surface area (Å²) in [5.41, 5.74) is 3.72. The lowest BCUT2D eigenvalue weighted by molar-refractivity contribution is -0.125. The van der Waals surface area contributed by atoms with E-state index in [-0.39, 0.29) is 23.8 Å². The number of aromatic nitrogens is 1. The van der Waals surface area contributed by atoms with Crippen molar-refractivity contribution in [2.45, 2.75) is 32.7 Å². The molecule has 7 heteroatoms. The van der Waals surface area contributed by atoms with Gasteiger partial charge in [0.15, 0.2) is 0 Å². The average molecular weight is 477 g/mol. The number of rotatable bonds is 7. The summed E-state index contributed by atoms with van der Waals surface area (Å²) in [5, 5.41) is 3.30. The molecule has 4 atom stereocenters. The fourth-order valence-corrected chi connectivity index (χ4v) is 5.96. The van der Waals surface area contributed by atoms with E-state index >= 15 is 0 Å². The number of nitrogens with one attached hydrogen (secondary N) is 1. The van der Waals surface area contributed by atoms with E-state index in [1.165, 1.54) is 0 Å². The zero-order valence-electron chi connectivity index (χ0n) is 20.8.